The van der Waals surface area contributed by atoms with E-state index in [0.29, 0.717) is 5.92 Å². The van der Waals surface area contributed by atoms with E-state index in [0.717, 1.165) is 4.68 Å². The van der Waals surface area contributed by atoms with Gasteiger partial charge < -0.3 is 11.1 Å². The largest absolute Gasteiger partial charge is 0.382 e. The molecule has 17 heavy (non-hydrogen) atoms. The van der Waals surface area contributed by atoms with Gasteiger partial charge in [0, 0.05) is 12.1 Å². The first-order valence-corrected chi connectivity index (χ1v) is 5.53. The zero-order valence-electron chi connectivity index (χ0n) is 10.3. The monoisotopic (exact) mass is 238 g/mol. The first-order chi connectivity index (χ1) is 7.90. The molecule has 0 fully saturated rings. The smallest absolute Gasteiger partial charge is 0.267 e. The third kappa shape index (κ3) is 3.90. The lowest BCUT2D eigenvalue weighted by atomic mass is 10.1. The van der Waals surface area contributed by atoms with Crippen LogP contribution in [0.25, 0.3) is 0 Å². The van der Waals surface area contributed by atoms with Gasteiger partial charge in [-0.05, 0) is 18.9 Å². The van der Waals surface area contributed by atoms with Crippen molar-refractivity contribution in [2.24, 2.45) is 5.92 Å². The van der Waals surface area contributed by atoms with Crippen LogP contribution in [0.15, 0.2) is 16.9 Å². The van der Waals surface area contributed by atoms with Crippen molar-refractivity contribution in [3.63, 3.8) is 0 Å². The molecule has 1 rings (SSSR count). The lowest BCUT2D eigenvalue weighted by Crippen LogP contribution is -2.40. The summed E-state index contributed by atoms with van der Waals surface area (Å²) in [6.45, 7) is 5.82. The highest BCUT2D eigenvalue weighted by Crippen LogP contribution is 1.99. The van der Waals surface area contributed by atoms with E-state index in [4.69, 9.17) is 5.73 Å². The van der Waals surface area contributed by atoms with Gasteiger partial charge in [-0.15, -0.1) is 0 Å². The molecule has 1 atom stereocenters. The molecule has 0 bridgehead atoms. The van der Waals surface area contributed by atoms with Gasteiger partial charge in [-0.1, -0.05) is 13.8 Å². The van der Waals surface area contributed by atoms with Crippen molar-refractivity contribution in [2.45, 2.75) is 33.4 Å². The lowest BCUT2D eigenvalue weighted by Gasteiger charge is -2.17. The van der Waals surface area contributed by atoms with E-state index in [-0.39, 0.29) is 29.9 Å². The quantitative estimate of drug-likeness (QED) is 0.771. The number of hydrogen-bond acceptors (Lipinski definition) is 4. The van der Waals surface area contributed by atoms with E-state index in [1.807, 2.05) is 20.8 Å². The standard InChI is InChI=1S/C11H18N4O2/c1-7(2)8(3)13-10(16)6-15-11(17)5-4-9(12)14-15/h4-5,7-8H,6H2,1-3H3,(H2,12,14)(H,13,16). The molecule has 6 nitrogen and oxygen atoms in total. The maximum absolute atomic E-state index is 11.6. The molecule has 0 saturated carbocycles. The van der Waals surface area contributed by atoms with Gasteiger partial charge in [0.05, 0.1) is 0 Å². The summed E-state index contributed by atoms with van der Waals surface area (Å²) >= 11 is 0. The fourth-order valence-corrected chi connectivity index (χ4v) is 1.18. The molecule has 3 N–H and O–H groups in total. The Kier molecular flexibility index (Phi) is 4.25. The number of rotatable bonds is 4. The number of nitrogen functional groups attached to an aromatic ring is 1. The Morgan fingerprint density at radius 1 is 1.47 bits per heavy atom. The average Bonchev–Trinajstić information content (AvgIpc) is 2.23. The van der Waals surface area contributed by atoms with Gasteiger partial charge in [-0.3, -0.25) is 9.59 Å². The molecular weight excluding hydrogens is 220 g/mol. The number of nitrogens with two attached hydrogens (primary N) is 1. The number of carbonyl (C=O) groups excluding carboxylic acids is 1. The summed E-state index contributed by atoms with van der Waals surface area (Å²) in [4.78, 5) is 23.0. The van der Waals surface area contributed by atoms with Crippen LogP contribution in [-0.4, -0.2) is 21.7 Å². The van der Waals surface area contributed by atoms with Crippen LogP contribution >= 0.6 is 0 Å². The second kappa shape index (κ2) is 5.47. The van der Waals surface area contributed by atoms with Gasteiger partial charge >= 0.3 is 0 Å². The van der Waals surface area contributed by atoms with E-state index in [2.05, 4.69) is 10.4 Å². The molecule has 0 aliphatic carbocycles. The van der Waals surface area contributed by atoms with E-state index in [1.165, 1.54) is 12.1 Å². The molecule has 94 valence electrons. The van der Waals surface area contributed by atoms with Crippen LogP contribution in [0.2, 0.25) is 0 Å². The Labute approximate surface area is 99.8 Å². The highest BCUT2D eigenvalue weighted by atomic mass is 16.2. The number of hydrogen-bond donors (Lipinski definition) is 2. The number of aromatic nitrogens is 2. The topological polar surface area (TPSA) is 90.0 Å². The minimum atomic E-state index is -0.341. The molecule has 6 heteroatoms. The molecule has 0 aliphatic rings. The number of anilines is 1. The third-order valence-electron chi connectivity index (χ3n) is 2.57. The first kappa shape index (κ1) is 13.2. The van der Waals surface area contributed by atoms with Crippen molar-refractivity contribution < 1.29 is 4.79 Å². The van der Waals surface area contributed by atoms with Crippen LogP contribution in [-0.2, 0) is 11.3 Å². The summed E-state index contributed by atoms with van der Waals surface area (Å²) in [5, 5.41) is 6.58. The average molecular weight is 238 g/mol. The minimum Gasteiger partial charge on any atom is -0.382 e. The normalized spacial score (nSPS) is 12.5. The molecule has 0 spiro atoms. The highest BCUT2D eigenvalue weighted by Gasteiger charge is 2.12. The van der Waals surface area contributed by atoms with Crippen LogP contribution in [0.3, 0.4) is 0 Å². The molecular formula is C11H18N4O2. The number of nitrogens with one attached hydrogen (secondary N) is 1. The van der Waals surface area contributed by atoms with Gasteiger partial charge in [-0.2, -0.15) is 5.10 Å². The second-order valence-corrected chi connectivity index (χ2v) is 4.35. The van der Waals surface area contributed by atoms with E-state index in [9.17, 15) is 9.59 Å². The molecule has 1 aromatic heterocycles. The van der Waals surface area contributed by atoms with Crippen molar-refractivity contribution in [2.75, 3.05) is 5.73 Å². The summed E-state index contributed by atoms with van der Waals surface area (Å²) in [6, 6.07) is 2.76. The SMILES string of the molecule is CC(C)C(C)NC(=O)Cn1nc(N)ccc1=O. The van der Waals surface area contributed by atoms with Gasteiger partial charge in [0.15, 0.2) is 0 Å². The zero-order chi connectivity index (χ0) is 13.0. The minimum absolute atomic E-state index is 0.0549. The van der Waals surface area contributed by atoms with Gasteiger partial charge in [0.25, 0.3) is 5.56 Å². The van der Waals surface area contributed by atoms with Crippen molar-refractivity contribution in [1.29, 1.82) is 0 Å². The Hall–Kier alpha value is -1.85. The van der Waals surface area contributed by atoms with Gasteiger partial charge in [0.2, 0.25) is 5.91 Å². The van der Waals surface area contributed by atoms with Crippen molar-refractivity contribution >= 4 is 11.7 Å². The van der Waals surface area contributed by atoms with Gasteiger partial charge in [-0.25, -0.2) is 4.68 Å². The molecule has 1 aromatic rings. The molecule has 1 amide bonds. The molecule has 1 heterocycles. The van der Waals surface area contributed by atoms with Crippen LogP contribution in [0.1, 0.15) is 20.8 Å². The fourth-order valence-electron chi connectivity index (χ4n) is 1.18. The second-order valence-electron chi connectivity index (χ2n) is 4.35. The predicted octanol–water partition coefficient (Wildman–Crippen LogP) is -0.0138. The fraction of sp³-hybridized carbons (Fsp3) is 0.545. The molecule has 1 unspecified atom stereocenters. The molecule has 0 saturated heterocycles. The summed E-state index contributed by atoms with van der Waals surface area (Å²) in [5.74, 6) is 0.310. The lowest BCUT2D eigenvalue weighted by molar-refractivity contribution is -0.122. The van der Waals surface area contributed by atoms with Crippen LogP contribution < -0.4 is 16.6 Å². The zero-order valence-corrected chi connectivity index (χ0v) is 10.3. The number of amides is 1. The summed E-state index contributed by atoms with van der Waals surface area (Å²) in [5.41, 5.74) is 5.11. The molecule has 0 aromatic carbocycles. The maximum Gasteiger partial charge on any atom is 0.267 e. The Bertz CT molecular complexity index is 453. The number of nitrogens with zero attached hydrogens (tertiary/aromatic N) is 2. The van der Waals surface area contributed by atoms with E-state index >= 15 is 0 Å². The summed E-state index contributed by atoms with van der Waals surface area (Å²) < 4.78 is 1.05. The van der Waals surface area contributed by atoms with Crippen LogP contribution in [0, 0.1) is 5.92 Å². The Balaban J connectivity index is 2.68. The van der Waals surface area contributed by atoms with Gasteiger partial charge in [0.1, 0.15) is 12.4 Å². The highest BCUT2D eigenvalue weighted by molar-refractivity contribution is 5.75. The summed E-state index contributed by atoms with van der Waals surface area (Å²) in [6.07, 6.45) is 0. The third-order valence-corrected chi connectivity index (χ3v) is 2.57. The van der Waals surface area contributed by atoms with Crippen molar-refractivity contribution in [3.8, 4) is 0 Å². The van der Waals surface area contributed by atoms with Crippen molar-refractivity contribution in [1.82, 2.24) is 15.1 Å². The predicted molar refractivity (Wildman–Crippen MR) is 65.4 cm³/mol. The first-order valence-electron chi connectivity index (χ1n) is 5.53. The number of carbonyl (C=O) groups is 1. The molecule has 0 radical (unpaired) electrons. The summed E-state index contributed by atoms with van der Waals surface area (Å²) in [7, 11) is 0. The Morgan fingerprint density at radius 2 is 2.12 bits per heavy atom. The van der Waals surface area contributed by atoms with E-state index < -0.39 is 0 Å². The maximum atomic E-state index is 11.6. The van der Waals surface area contributed by atoms with E-state index in [1.54, 1.807) is 0 Å². The van der Waals surface area contributed by atoms with Crippen molar-refractivity contribution in [3.05, 3.63) is 22.5 Å². The Morgan fingerprint density at radius 3 is 2.71 bits per heavy atom. The van der Waals surface area contributed by atoms with Crippen LogP contribution in [0.5, 0.6) is 0 Å². The van der Waals surface area contributed by atoms with Crippen LogP contribution in [0.4, 0.5) is 5.82 Å². The molecule has 0 aliphatic heterocycles.